The van der Waals surface area contributed by atoms with Crippen molar-refractivity contribution in [2.24, 2.45) is 0 Å². The number of H-pyrrole nitrogens is 1. The Bertz CT molecular complexity index is 1060. The van der Waals surface area contributed by atoms with Crippen LogP contribution in [0.3, 0.4) is 0 Å². The van der Waals surface area contributed by atoms with Crippen molar-refractivity contribution in [1.82, 2.24) is 14.9 Å². The third kappa shape index (κ3) is 2.73. The number of amides is 2. The minimum absolute atomic E-state index is 0.0920. The number of hydrogen-bond donors (Lipinski definition) is 3. The molecule has 28 heavy (non-hydrogen) atoms. The van der Waals surface area contributed by atoms with Crippen LogP contribution in [0.5, 0.6) is 0 Å². The zero-order chi connectivity index (χ0) is 20.7. The first kappa shape index (κ1) is 19.2. The number of nitrogens with one attached hydrogen (secondary N) is 3. The predicted molar refractivity (Wildman–Crippen MR) is 89.2 cm³/mol. The minimum atomic E-state index is -5.42. The second kappa shape index (κ2) is 6.55. The molecule has 0 spiro atoms. The fourth-order valence-electron chi connectivity index (χ4n) is 2.92. The highest BCUT2D eigenvalue weighted by atomic mass is 19.4. The molecule has 1 aliphatic heterocycles. The first-order chi connectivity index (χ1) is 13.1. The van der Waals surface area contributed by atoms with Gasteiger partial charge in [0.1, 0.15) is 11.4 Å². The lowest BCUT2D eigenvalue weighted by molar-refractivity contribution is -0.197. The van der Waals surface area contributed by atoms with Crippen molar-refractivity contribution in [2.45, 2.75) is 18.6 Å². The standard InChI is InChI=1S/C16H13F3N4O5/c1-2-28-14(27)22-15(16(17,18)19)9-10(20-12(15)25)23(13(26)21-11(9)24)8-6-4-3-5-7-8/h3-7H,2H2,1H3,(H,20,25)(H,22,27)(H,21,24,26). The molecule has 1 aliphatic rings. The van der Waals surface area contributed by atoms with E-state index in [1.54, 1.807) is 11.1 Å². The third-order valence-corrected chi connectivity index (χ3v) is 4.06. The van der Waals surface area contributed by atoms with Crippen LogP contribution in [-0.4, -0.2) is 34.3 Å². The van der Waals surface area contributed by atoms with Crippen LogP contribution in [0.2, 0.25) is 0 Å². The zero-order valence-corrected chi connectivity index (χ0v) is 14.2. The minimum Gasteiger partial charge on any atom is -0.450 e. The van der Waals surface area contributed by atoms with E-state index in [0.29, 0.717) is 4.57 Å². The molecule has 2 amide bonds. The summed E-state index contributed by atoms with van der Waals surface area (Å²) in [4.78, 5) is 50.5. The van der Waals surface area contributed by atoms with Gasteiger partial charge in [0.25, 0.3) is 17.0 Å². The summed E-state index contributed by atoms with van der Waals surface area (Å²) in [6.45, 7) is 1.08. The number of halogens is 3. The molecular formula is C16H13F3N4O5. The van der Waals surface area contributed by atoms with Gasteiger partial charge in [0, 0.05) is 0 Å². The molecule has 1 atom stereocenters. The van der Waals surface area contributed by atoms with Crippen LogP contribution < -0.4 is 21.9 Å². The number of anilines is 1. The number of aromatic amines is 1. The van der Waals surface area contributed by atoms with Gasteiger partial charge in [0.2, 0.25) is 0 Å². The molecule has 3 N–H and O–H groups in total. The molecule has 1 aromatic carbocycles. The van der Waals surface area contributed by atoms with Crippen LogP contribution in [0, 0.1) is 0 Å². The Balaban J connectivity index is 2.35. The maximum atomic E-state index is 14.0. The van der Waals surface area contributed by atoms with E-state index in [1.165, 1.54) is 36.5 Å². The number of fused-ring (bicyclic) bond motifs is 1. The Hall–Kier alpha value is -3.57. The fourth-order valence-corrected chi connectivity index (χ4v) is 2.92. The monoisotopic (exact) mass is 398 g/mol. The number of para-hydroxylation sites is 1. The summed E-state index contributed by atoms with van der Waals surface area (Å²) in [5.74, 6) is -2.44. The van der Waals surface area contributed by atoms with E-state index < -0.39 is 46.3 Å². The number of benzene rings is 1. The molecular weight excluding hydrogens is 385 g/mol. The lowest BCUT2D eigenvalue weighted by atomic mass is 9.92. The van der Waals surface area contributed by atoms with Crippen molar-refractivity contribution in [3.63, 3.8) is 0 Å². The van der Waals surface area contributed by atoms with Gasteiger partial charge in [0.15, 0.2) is 0 Å². The number of carbonyl (C=O) groups is 2. The van der Waals surface area contributed by atoms with E-state index in [1.807, 2.05) is 5.32 Å². The maximum absolute atomic E-state index is 14.0. The van der Waals surface area contributed by atoms with Crippen molar-refractivity contribution in [1.29, 1.82) is 0 Å². The van der Waals surface area contributed by atoms with Crippen LogP contribution in [-0.2, 0) is 15.1 Å². The van der Waals surface area contributed by atoms with E-state index >= 15 is 0 Å². The first-order valence-corrected chi connectivity index (χ1v) is 7.91. The maximum Gasteiger partial charge on any atom is 0.425 e. The average Bonchev–Trinajstić information content (AvgIpc) is 2.89. The number of rotatable bonds is 3. The van der Waals surface area contributed by atoms with Gasteiger partial charge in [-0.05, 0) is 19.1 Å². The molecule has 0 saturated carbocycles. The molecule has 12 heteroatoms. The first-order valence-electron chi connectivity index (χ1n) is 7.91. The fraction of sp³-hybridized carbons (Fsp3) is 0.250. The van der Waals surface area contributed by atoms with Gasteiger partial charge in [-0.1, -0.05) is 18.2 Å². The molecule has 1 aromatic heterocycles. The molecule has 0 fully saturated rings. The molecule has 2 aromatic rings. The molecule has 0 saturated heterocycles. The van der Waals surface area contributed by atoms with Gasteiger partial charge in [0.05, 0.1) is 12.3 Å². The highest BCUT2D eigenvalue weighted by Gasteiger charge is 2.69. The van der Waals surface area contributed by atoms with Crippen LogP contribution in [0.15, 0.2) is 39.9 Å². The van der Waals surface area contributed by atoms with Gasteiger partial charge >= 0.3 is 18.0 Å². The van der Waals surface area contributed by atoms with E-state index in [2.05, 4.69) is 4.74 Å². The highest BCUT2D eigenvalue weighted by Crippen LogP contribution is 2.45. The lowest BCUT2D eigenvalue weighted by Crippen LogP contribution is -2.62. The van der Waals surface area contributed by atoms with Crippen molar-refractivity contribution in [2.75, 3.05) is 11.9 Å². The van der Waals surface area contributed by atoms with Gasteiger partial charge < -0.3 is 10.1 Å². The van der Waals surface area contributed by atoms with Gasteiger partial charge in [-0.15, -0.1) is 0 Å². The number of ether oxygens (including phenoxy) is 1. The number of alkyl carbamates (subject to hydrolysis) is 1. The summed E-state index contributed by atoms with van der Waals surface area (Å²) in [5.41, 5.74) is -7.34. The van der Waals surface area contributed by atoms with E-state index in [0.717, 1.165) is 0 Å². The lowest BCUT2D eigenvalue weighted by Gasteiger charge is -2.29. The van der Waals surface area contributed by atoms with Crippen molar-refractivity contribution in [3.05, 3.63) is 56.7 Å². The summed E-state index contributed by atoms with van der Waals surface area (Å²) in [5, 5.41) is 3.35. The molecule has 0 bridgehead atoms. The molecule has 2 heterocycles. The SMILES string of the molecule is CCOC(=O)NC1(C(F)(F)F)C(=O)Nc2c1c(=O)[nH]c(=O)n2-c1ccccc1. The van der Waals surface area contributed by atoms with Crippen molar-refractivity contribution in [3.8, 4) is 5.69 Å². The predicted octanol–water partition coefficient (Wildman–Crippen LogP) is 0.982. The smallest absolute Gasteiger partial charge is 0.425 e. The van der Waals surface area contributed by atoms with Crippen LogP contribution in [0.1, 0.15) is 12.5 Å². The quantitative estimate of drug-likeness (QED) is 0.712. The average molecular weight is 398 g/mol. The number of aromatic nitrogens is 2. The zero-order valence-electron chi connectivity index (χ0n) is 14.2. The molecule has 0 aliphatic carbocycles. The number of carbonyl (C=O) groups excluding carboxylic acids is 2. The van der Waals surface area contributed by atoms with Gasteiger partial charge in [-0.25, -0.2) is 14.2 Å². The Kier molecular flexibility index (Phi) is 4.49. The number of nitrogens with zero attached hydrogens (tertiary/aromatic N) is 1. The molecule has 0 radical (unpaired) electrons. The Morgan fingerprint density at radius 1 is 1.21 bits per heavy atom. The van der Waals surface area contributed by atoms with Crippen molar-refractivity contribution < 1.29 is 27.5 Å². The van der Waals surface area contributed by atoms with Crippen LogP contribution in [0.25, 0.3) is 5.69 Å². The molecule has 148 valence electrons. The van der Waals surface area contributed by atoms with Gasteiger partial charge in [-0.2, -0.15) is 13.2 Å². The molecule has 1 unspecified atom stereocenters. The largest absolute Gasteiger partial charge is 0.450 e. The Morgan fingerprint density at radius 2 is 1.86 bits per heavy atom. The van der Waals surface area contributed by atoms with E-state index in [9.17, 15) is 32.3 Å². The summed E-state index contributed by atoms with van der Waals surface area (Å²) < 4.78 is 47.1. The topological polar surface area (TPSA) is 122 Å². The van der Waals surface area contributed by atoms with E-state index in [4.69, 9.17) is 0 Å². The Morgan fingerprint density at radius 3 is 2.43 bits per heavy atom. The highest BCUT2D eigenvalue weighted by molar-refractivity contribution is 6.07. The van der Waals surface area contributed by atoms with Crippen LogP contribution >= 0.6 is 0 Å². The summed E-state index contributed by atoms with van der Waals surface area (Å²) in [6, 6.07) is 7.38. The van der Waals surface area contributed by atoms with Crippen LogP contribution in [0.4, 0.5) is 23.8 Å². The second-order valence-corrected chi connectivity index (χ2v) is 5.70. The normalized spacial score (nSPS) is 18.4. The third-order valence-electron chi connectivity index (χ3n) is 4.06. The molecule has 3 rings (SSSR count). The van der Waals surface area contributed by atoms with Crippen molar-refractivity contribution >= 4 is 17.8 Å². The summed E-state index contributed by atoms with van der Waals surface area (Å²) >= 11 is 0. The Labute approximate surface area is 154 Å². The summed E-state index contributed by atoms with van der Waals surface area (Å²) in [6.07, 6.45) is -6.97. The van der Waals surface area contributed by atoms with E-state index in [-0.39, 0.29) is 12.3 Å². The van der Waals surface area contributed by atoms with Gasteiger partial charge in [-0.3, -0.25) is 19.9 Å². The number of hydrogen-bond acceptors (Lipinski definition) is 5. The summed E-state index contributed by atoms with van der Waals surface area (Å²) in [7, 11) is 0. The second-order valence-electron chi connectivity index (χ2n) is 5.70. The number of alkyl halides is 3. The molecule has 9 nitrogen and oxygen atoms in total.